The molecule has 0 aliphatic carbocycles. The molecule has 0 radical (unpaired) electrons. The number of fused-ring (bicyclic) bond motifs is 1. The summed E-state index contributed by atoms with van der Waals surface area (Å²) < 4.78 is 5.83. The van der Waals surface area contributed by atoms with Crippen LogP contribution in [0.15, 0.2) is 28.7 Å². The van der Waals surface area contributed by atoms with E-state index in [2.05, 4.69) is 44.4 Å². The second-order valence-electron chi connectivity index (χ2n) is 5.04. The number of hydrazine groups is 1. The van der Waals surface area contributed by atoms with Crippen molar-refractivity contribution in [2.75, 3.05) is 0 Å². The Kier molecular flexibility index (Phi) is 3.50. The standard InChI is InChI=1S/C14H20N2O/c1-9(2)6-12(16-15)14-8-11-7-10(3)4-5-13(11)17-14/h4-5,7-9,12,16H,6,15H2,1-3H3. The van der Waals surface area contributed by atoms with Gasteiger partial charge >= 0.3 is 0 Å². The predicted octanol–water partition coefficient (Wildman–Crippen LogP) is 3.29. The molecule has 0 aliphatic heterocycles. The minimum Gasteiger partial charge on any atom is -0.459 e. The summed E-state index contributed by atoms with van der Waals surface area (Å²) in [6.07, 6.45) is 0.968. The first-order chi connectivity index (χ1) is 8.10. The van der Waals surface area contributed by atoms with Crippen LogP contribution in [0.3, 0.4) is 0 Å². The van der Waals surface area contributed by atoms with E-state index in [4.69, 9.17) is 10.3 Å². The van der Waals surface area contributed by atoms with Gasteiger partial charge in [0.15, 0.2) is 0 Å². The number of nitrogens with two attached hydrogens (primary N) is 1. The van der Waals surface area contributed by atoms with E-state index in [0.29, 0.717) is 5.92 Å². The maximum Gasteiger partial charge on any atom is 0.134 e. The molecule has 2 rings (SSSR count). The Morgan fingerprint density at radius 3 is 2.71 bits per heavy atom. The van der Waals surface area contributed by atoms with Crippen molar-refractivity contribution in [2.45, 2.75) is 33.2 Å². The Morgan fingerprint density at radius 1 is 1.29 bits per heavy atom. The molecule has 0 amide bonds. The molecule has 0 bridgehead atoms. The molecule has 1 unspecified atom stereocenters. The third kappa shape index (κ3) is 2.68. The van der Waals surface area contributed by atoms with Crippen molar-refractivity contribution >= 4 is 11.0 Å². The quantitative estimate of drug-likeness (QED) is 0.628. The van der Waals surface area contributed by atoms with Gasteiger partial charge in [0.25, 0.3) is 0 Å². The van der Waals surface area contributed by atoms with Crippen LogP contribution in [0.5, 0.6) is 0 Å². The minimum absolute atomic E-state index is 0.0858. The van der Waals surface area contributed by atoms with Gasteiger partial charge < -0.3 is 4.42 Å². The number of benzene rings is 1. The van der Waals surface area contributed by atoms with Gasteiger partial charge in [-0.1, -0.05) is 25.5 Å². The second-order valence-corrected chi connectivity index (χ2v) is 5.04. The first kappa shape index (κ1) is 12.1. The molecule has 0 saturated heterocycles. The summed E-state index contributed by atoms with van der Waals surface area (Å²) in [6, 6.07) is 8.36. The van der Waals surface area contributed by atoms with E-state index in [1.54, 1.807) is 0 Å². The van der Waals surface area contributed by atoms with Crippen LogP contribution >= 0.6 is 0 Å². The SMILES string of the molecule is Cc1ccc2oc(C(CC(C)C)NN)cc2c1. The molecule has 3 nitrogen and oxygen atoms in total. The lowest BCUT2D eigenvalue weighted by atomic mass is 10.0. The van der Waals surface area contributed by atoms with E-state index in [0.717, 1.165) is 23.2 Å². The Morgan fingerprint density at radius 2 is 2.06 bits per heavy atom. The van der Waals surface area contributed by atoms with Crippen LogP contribution in [0, 0.1) is 12.8 Å². The highest BCUT2D eigenvalue weighted by molar-refractivity contribution is 5.78. The van der Waals surface area contributed by atoms with Gasteiger partial charge in [-0.3, -0.25) is 5.84 Å². The van der Waals surface area contributed by atoms with Gasteiger partial charge in [-0.05, 0) is 37.5 Å². The van der Waals surface area contributed by atoms with Gasteiger partial charge in [0, 0.05) is 5.39 Å². The molecule has 1 aromatic carbocycles. The summed E-state index contributed by atoms with van der Waals surface area (Å²) >= 11 is 0. The van der Waals surface area contributed by atoms with Crippen LogP contribution in [-0.4, -0.2) is 0 Å². The van der Waals surface area contributed by atoms with Crippen molar-refractivity contribution in [3.8, 4) is 0 Å². The Labute approximate surface area is 102 Å². The van der Waals surface area contributed by atoms with Crippen molar-refractivity contribution in [1.82, 2.24) is 5.43 Å². The zero-order valence-electron chi connectivity index (χ0n) is 10.7. The molecule has 0 fully saturated rings. The molecular formula is C14H20N2O. The number of furan rings is 1. The molecule has 2 aromatic rings. The first-order valence-electron chi connectivity index (χ1n) is 6.06. The highest BCUT2D eigenvalue weighted by atomic mass is 16.3. The predicted molar refractivity (Wildman–Crippen MR) is 70.5 cm³/mol. The zero-order chi connectivity index (χ0) is 12.4. The number of hydrogen-bond donors (Lipinski definition) is 2. The van der Waals surface area contributed by atoms with Gasteiger partial charge in [0.1, 0.15) is 11.3 Å². The molecule has 0 spiro atoms. The Balaban J connectivity index is 2.34. The van der Waals surface area contributed by atoms with Gasteiger partial charge in [0.05, 0.1) is 6.04 Å². The van der Waals surface area contributed by atoms with Crippen LogP contribution < -0.4 is 11.3 Å². The van der Waals surface area contributed by atoms with Gasteiger partial charge in [-0.2, -0.15) is 0 Å². The Hall–Kier alpha value is -1.32. The third-order valence-electron chi connectivity index (χ3n) is 2.94. The molecule has 1 atom stereocenters. The summed E-state index contributed by atoms with van der Waals surface area (Å²) in [4.78, 5) is 0. The molecule has 92 valence electrons. The summed E-state index contributed by atoms with van der Waals surface area (Å²) in [5.74, 6) is 7.09. The smallest absolute Gasteiger partial charge is 0.134 e. The number of nitrogens with one attached hydrogen (secondary N) is 1. The highest BCUT2D eigenvalue weighted by Gasteiger charge is 2.16. The third-order valence-corrected chi connectivity index (χ3v) is 2.94. The van der Waals surface area contributed by atoms with E-state index in [9.17, 15) is 0 Å². The molecule has 1 heterocycles. The number of rotatable bonds is 4. The average Bonchev–Trinajstić information content (AvgIpc) is 2.68. The van der Waals surface area contributed by atoms with E-state index in [-0.39, 0.29) is 6.04 Å². The lowest BCUT2D eigenvalue weighted by molar-refractivity contribution is 0.376. The maximum absolute atomic E-state index is 5.83. The lowest BCUT2D eigenvalue weighted by Crippen LogP contribution is -2.28. The molecule has 0 aliphatic rings. The summed E-state index contributed by atoms with van der Waals surface area (Å²) in [7, 11) is 0. The van der Waals surface area contributed by atoms with Crippen LogP contribution in [0.4, 0.5) is 0 Å². The topological polar surface area (TPSA) is 51.2 Å². The van der Waals surface area contributed by atoms with Crippen LogP contribution in [0.25, 0.3) is 11.0 Å². The monoisotopic (exact) mass is 232 g/mol. The Bertz CT molecular complexity index is 502. The molecule has 3 N–H and O–H groups in total. The molecular weight excluding hydrogens is 212 g/mol. The summed E-state index contributed by atoms with van der Waals surface area (Å²) in [5.41, 5.74) is 5.00. The van der Waals surface area contributed by atoms with E-state index in [1.807, 2.05) is 6.07 Å². The van der Waals surface area contributed by atoms with E-state index < -0.39 is 0 Å². The van der Waals surface area contributed by atoms with Crippen molar-refractivity contribution in [3.63, 3.8) is 0 Å². The number of aryl methyl sites for hydroxylation is 1. The van der Waals surface area contributed by atoms with E-state index >= 15 is 0 Å². The lowest BCUT2D eigenvalue weighted by Gasteiger charge is -2.15. The van der Waals surface area contributed by atoms with Gasteiger partial charge in [-0.15, -0.1) is 0 Å². The van der Waals surface area contributed by atoms with Crippen LogP contribution in [0.2, 0.25) is 0 Å². The minimum atomic E-state index is 0.0858. The van der Waals surface area contributed by atoms with Gasteiger partial charge in [-0.25, -0.2) is 5.43 Å². The zero-order valence-corrected chi connectivity index (χ0v) is 10.7. The molecule has 1 aromatic heterocycles. The van der Waals surface area contributed by atoms with Crippen molar-refractivity contribution in [2.24, 2.45) is 11.8 Å². The fourth-order valence-corrected chi connectivity index (χ4v) is 2.09. The van der Waals surface area contributed by atoms with Crippen molar-refractivity contribution < 1.29 is 4.42 Å². The number of hydrogen-bond acceptors (Lipinski definition) is 3. The maximum atomic E-state index is 5.83. The largest absolute Gasteiger partial charge is 0.459 e. The van der Waals surface area contributed by atoms with Gasteiger partial charge in [0.2, 0.25) is 0 Å². The summed E-state index contributed by atoms with van der Waals surface area (Å²) in [5, 5.41) is 1.14. The fourth-order valence-electron chi connectivity index (χ4n) is 2.09. The second kappa shape index (κ2) is 4.90. The summed E-state index contributed by atoms with van der Waals surface area (Å²) in [6.45, 7) is 6.44. The normalized spacial score (nSPS) is 13.5. The van der Waals surface area contributed by atoms with E-state index in [1.165, 1.54) is 5.56 Å². The fraction of sp³-hybridized carbons (Fsp3) is 0.429. The van der Waals surface area contributed by atoms with Crippen LogP contribution in [-0.2, 0) is 0 Å². The molecule has 17 heavy (non-hydrogen) atoms. The van der Waals surface area contributed by atoms with Crippen LogP contribution in [0.1, 0.15) is 37.6 Å². The van der Waals surface area contributed by atoms with Crippen molar-refractivity contribution in [3.05, 3.63) is 35.6 Å². The van der Waals surface area contributed by atoms with Crippen molar-refractivity contribution in [1.29, 1.82) is 0 Å². The highest BCUT2D eigenvalue weighted by Crippen LogP contribution is 2.27. The molecule has 0 saturated carbocycles. The molecule has 3 heteroatoms. The first-order valence-corrected chi connectivity index (χ1v) is 6.06. The average molecular weight is 232 g/mol.